The second kappa shape index (κ2) is 9.04. The molecule has 5 aromatic rings. The van der Waals surface area contributed by atoms with E-state index in [4.69, 9.17) is 0 Å². The minimum absolute atomic E-state index is 0.179. The summed E-state index contributed by atoms with van der Waals surface area (Å²) >= 11 is 0. The topological polar surface area (TPSA) is 101 Å². The maximum Gasteiger partial charge on any atom is 0.257 e. The molecule has 1 N–H and O–H groups in total. The second-order valence-corrected chi connectivity index (χ2v) is 7.94. The van der Waals surface area contributed by atoms with Crippen LogP contribution >= 0.6 is 0 Å². The highest BCUT2D eigenvalue weighted by Crippen LogP contribution is 2.25. The number of nitrogens with zero attached hydrogens (tertiary/aromatic N) is 4. The van der Waals surface area contributed by atoms with E-state index in [0.29, 0.717) is 11.4 Å². The molecule has 7 nitrogen and oxygen atoms in total. The van der Waals surface area contributed by atoms with Crippen molar-refractivity contribution in [1.82, 2.24) is 14.8 Å². The lowest BCUT2D eigenvalue weighted by atomic mass is 9.98. The molecule has 0 saturated heterocycles. The number of nitriles is 1. The van der Waals surface area contributed by atoms with Crippen LogP contribution in [0.3, 0.4) is 0 Å². The van der Waals surface area contributed by atoms with Gasteiger partial charge in [-0.25, -0.2) is 4.98 Å². The maximum atomic E-state index is 13.4. The number of ketones is 1. The minimum atomic E-state index is -0.527. The van der Waals surface area contributed by atoms with Crippen LogP contribution in [0.2, 0.25) is 0 Å². The molecule has 0 saturated carbocycles. The Kier molecular flexibility index (Phi) is 5.62. The number of carbonyl (C=O) groups is 2. The van der Waals surface area contributed by atoms with Gasteiger partial charge in [-0.1, -0.05) is 66.7 Å². The minimum Gasteiger partial charge on any atom is -0.305 e. The molecule has 2 aromatic heterocycles. The van der Waals surface area contributed by atoms with E-state index in [1.165, 1.54) is 10.9 Å². The monoisotopic (exact) mass is 457 g/mol. The SMILES string of the molecule is Cc1cc(-n2ncc(C#N)c2NC(=O)c2ccccc2C(=O)c2ccccc2)nc2ccccc12. The van der Waals surface area contributed by atoms with E-state index in [-0.39, 0.29) is 28.3 Å². The first-order valence-electron chi connectivity index (χ1n) is 10.9. The third kappa shape index (κ3) is 4.05. The highest BCUT2D eigenvalue weighted by Gasteiger charge is 2.22. The first kappa shape index (κ1) is 21.7. The lowest BCUT2D eigenvalue weighted by molar-refractivity contribution is 0.0996. The summed E-state index contributed by atoms with van der Waals surface area (Å²) in [5, 5.41) is 17.7. The predicted molar refractivity (Wildman–Crippen MR) is 133 cm³/mol. The number of pyridine rings is 1. The third-order valence-corrected chi connectivity index (χ3v) is 5.70. The molecule has 168 valence electrons. The number of anilines is 1. The average Bonchev–Trinajstić information content (AvgIpc) is 3.31. The molecule has 0 aliphatic carbocycles. The molecule has 3 aromatic carbocycles. The molecule has 0 fully saturated rings. The van der Waals surface area contributed by atoms with Crippen molar-refractivity contribution in [3.63, 3.8) is 0 Å². The van der Waals surface area contributed by atoms with E-state index >= 15 is 0 Å². The van der Waals surface area contributed by atoms with Gasteiger partial charge in [0, 0.05) is 16.5 Å². The zero-order chi connectivity index (χ0) is 24.4. The molecule has 1 amide bonds. The number of nitrogens with one attached hydrogen (secondary N) is 1. The van der Waals surface area contributed by atoms with Gasteiger partial charge in [-0.3, -0.25) is 9.59 Å². The Morgan fingerprint density at radius 3 is 2.37 bits per heavy atom. The van der Waals surface area contributed by atoms with Crippen LogP contribution in [0.25, 0.3) is 16.7 Å². The molecule has 0 aliphatic heterocycles. The molecule has 7 heteroatoms. The molecular formula is C28H19N5O2. The van der Waals surface area contributed by atoms with Crippen molar-refractivity contribution < 1.29 is 9.59 Å². The fourth-order valence-corrected chi connectivity index (χ4v) is 3.96. The largest absolute Gasteiger partial charge is 0.305 e. The molecule has 0 radical (unpaired) electrons. The molecule has 0 unspecified atom stereocenters. The van der Waals surface area contributed by atoms with Crippen molar-refractivity contribution >= 4 is 28.4 Å². The van der Waals surface area contributed by atoms with E-state index in [1.54, 1.807) is 48.5 Å². The van der Waals surface area contributed by atoms with E-state index in [2.05, 4.69) is 21.5 Å². The molecule has 0 aliphatic rings. The zero-order valence-corrected chi connectivity index (χ0v) is 18.8. The Hall–Kier alpha value is -5.09. The first-order chi connectivity index (χ1) is 17.1. The average molecular weight is 457 g/mol. The molecule has 35 heavy (non-hydrogen) atoms. The second-order valence-electron chi connectivity index (χ2n) is 7.94. The number of aromatic nitrogens is 3. The summed E-state index contributed by atoms with van der Waals surface area (Å²) in [6.45, 7) is 1.96. The van der Waals surface area contributed by atoms with Gasteiger partial charge < -0.3 is 5.32 Å². The predicted octanol–water partition coefficient (Wildman–Crippen LogP) is 5.08. The fourth-order valence-electron chi connectivity index (χ4n) is 3.96. The van der Waals surface area contributed by atoms with Gasteiger partial charge in [-0.05, 0) is 30.7 Å². The van der Waals surface area contributed by atoms with Crippen LogP contribution in [0.4, 0.5) is 5.82 Å². The number of carbonyl (C=O) groups excluding carboxylic acids is 2. The molecule has 0 spiro atoms. The van der Waals surface area contributed by atoms with E-state index in [0.717, 1.165) is 16.5 Å². The summed E-state index contributed by atoms with van der Waals surface area (Å²) < 4.78 is 1.43. The molecule has 2 heterocycles. The number of rotatable bonds is 5. The van der Waals surface area contributed by atoms with Gasteiger partial charge in [0.15, 0.2) is 17.4 Å². The molecule has 0 bridgehead atoms. The van der Waals surface area contributed by atoms with Gasteiger partial charge >= 0.3 is 0 Å². The van der Waals surface area contributed by atoms with Gasteiger partial charge in [0.25, 0.3) is 5.91 Å². The first-order valence-corrected chi connectivity index (χ1v) is 10.9. The quantitative estimate of drug-likeness (QED) is 0.371. The van der Waals surface area contributed by atoms with Crippen LogP contribution in [0.15, 0.2) is 91.1 Å². The van der Waals surface area contributed by atoms with Gasteiger partial charge in [0.1, 0.15) is 11.6 Å². The number of hydrogen-bond acceptors (Lipinski definition) is 5. The van der Waals surface area contributed by atoms with Crippen LogP contribution in [0.1, 0.15) is 37.4 Å². The highest BCUT2D eigenvalue weighted by atomic mass is 16.2. The van der Waals surface area contributed by atoms with Crippen molar-refractivity contribution in [2.24, 2.45) is 0 Å². The maximum absolute atomic E-state index is 13.4. The van der Waals surface area contributed by atoms with E-state index in [1.807, 2.05) is 43.3 Å². The van der Waals surface area contributed by atoms with Crippen LogP contribution in [0.5, 0.6) is 0 Å². The lowest BCUT2D eigenvalue weighted by Gasteiger charge is -2.13. The molecule has 5 rings (SSSR count). The van der Waals surface area contributed by atoms with E-state index < -0.39 is 5.91 Å². The van der Waals surface area contributed by atoms with E-state index in [9.17, 15) is 14.9 Å². The van der Waals surface area contributed by atoms with Gasteiger partial charge in [-0.2, -0.15) is 15.0 Å². The van der Waals surface area contributed by atoms with Crippen molar-refractivity contribution in [1.29, 1.82) is 5.26 Å². The number of benzene rings is 3. The summed E-state index contributed by atoms with van der Waals surface area (Å²) in [7, 11) is 0. The Morgan fingerprint density at radius 1 is 0.914 bits per heavy atom. The van der Waals surface area contributed by atoms with Crippen LogP contribution in [0, 0.1) is 18.3 Å². The van der Waals surface area contributed by atoms with Gasteiger partial charge in [0.2, 0.25) is 0 Å². The molecular weight excluding hydrogens is 438 g/mol. The zero-order valence-electron chi connectivity index (χ0n) is 18.8. The van der Waals surface area contributed by atoms with Gasteiger partial charge in [-0.15, -0.1) is 0 Å². The van der Waals surface area contributed by atoms with Crippen molar-refractivity contribution in [2.45, 2.75) is 6.92 Å². The van der Waals surface area contributed by atoms with Crippen molar-refractivity contribution in [2.75, 3.05) is 5.32 Å². The number of para-hydroxylation sites is 1. The lowest BCUT2D eigenvalue weighted by Crippen LogP contribution is -2.19. The van der Waals surface area contributed by atoms with Gasteiger partial charge in [0.05, 0.1) is 17.3 Å². The van der Waals surface area contributed by atoms with Crippen molar-refractivity contribution in [3.8, 4) is 11.9 Å². The summed E-state index contributed by atoms with van der Waals surface area (Å²) in [5.74, 6) is -0.147. The standard InChI is InChI=1S/C28H19N5O2/c1-18-15-25(31-24-14-8-7-11-21(18)24)33-27(20(16-29)17-30-33)32-28(35)23-13-6-5-12-22(23)26(34)19-9-3-2-4-10-19/h2-15,17H,1H3,(H,32,35). The Morgan fingerprint density at radius 2 is 1.60 bits per heavy atom. The Balaban J connectivity index is 1.55. The number of aryl methyl sites for hydroxylation is 1. The summed E-state index contributed by atoms with van der Waals surface area (Å²) in [5.41, 5.74) is 2.87. The van der Waals surface area contributed by atoms with Crippen LogP contribution in [-0.2, 0) is 0 Å². The summed E-state index contributed by atoms with van der Waals surface area (Å²) in [6, 6.07) is 27.0. The normalized spacial score (nSPS) is 10.6. The third-order valence-electron chi connectivity index (χ3n) is 5.70. The number of hydrogen-bond donors (Lipinski definition) is 1. The summed E-state index contributed by atoms with van der Waals surface area (Å²) in [6.07, 6.45) is 1.38. The van der Waals surface area contributed by atoms with Crippen LogP contribution < -0.4 is 5.32 Å². The smallest absolute Gasteiger partial charge is 0.257 e. The highest BCUT2D eigenvalue weighted by molar-refractivity contribution is 6.17. The summed E-state index contributed by atoms with van der Waals surface area (Å²) in [4.78, 5) is 31.1. The van der Waals surface area contributed by atoms with Crippen molar-refractivity contribution in [3.05, 3.63) is 119 Å². The Bertz CT molecular complexity index is 1630. The fraction of sp³-hybridized carbons (Fsp3) is 0.0357. The molecule has 0 atom stereocenters. The number of fused-ring (bicyclic) bond motifs is 1. The van der Waals surface area contributed by atoms with Crippen LogP contribution in [-0.4, -0.2) is 26.5 Å². The Labute approximate surface area is 201 Å². The number of amides is 1.